The first kappa shape index (κ1) is 23.3. The van der Waals surface area contributed by atoms with Crippen LogP contribution in [0.3, 0.4) is 0 Å². The summed E-state index contributed by atoms with van der Waals surface area (Å²) >= 11 is 0. The Morgan fingerprint density at radius 3 is 2.67 bits per heavy atom. The Morgan fingerprint density at radius 1 is 1.00 bits per heavy atom. The molecule has 1 aliphatic heterocycles. The number of piperidine rings is 1. The Kier molecular flexibility index (Phi) is 6.52. The van der Waals surface area contributed by atoms with Crippen molar-refractivity contribution >= 4 is 17.3 Å². The molecule has 0 atom stereocenters. The largest absolute Gasteiger partial charge is 0.371 e. The Bertz CT molecular complexity index is 1290. The molecule has 36 heavy (non-hydrogen) atoms. The second kappa shape index (κ2) is 10.1. The van der Waals surface area contributed by atoms with E-state index in [4.69, 9.17) is 4.98 Å². The molecule has 1 saturated carbocycles. The van der Waals surface area contributed by atoms with E-state index in [1.807, 2.05) is 0 Å². The Balaban J connectivity index is 1.32. The molecule has 2 fully saturated rings. The summed E-state index contributed by atoms with van der Waals surface area (Å²) in [4.78, 5) is 7.81. The Morgan fingerprint density at radius 2 is 1.83 bits per heavy atom. The highest BCUT2D eigenvalue weighted by Crippen LogP contribution is 2.43. The normalized spacial score (nSPS) is 20.8. The lowest BCUT2D eigenvalue weighted by Gasteiger charge is -2.36. The molecule has 1 saturated heterocycles. The van der Waals surface area contributed by atoms with Gasteiger partial charge in [0, 0.05) is 36.5 Å². The zero-order valence-corrected chi connectivity index (χ0v) is 21.7. The molecule has 2 heteroatoms. The minimum absolute atomic E-state index is 0.658. The number of fused-ring (bicyclic) bond motifs is 1. The smallest absolute Gasteiger partial charge is 0.0732 e. The lowest BCUT2D eigenvalue weighted by atomic mass is 9.69. The van der Waals surface area contributed by atoms with Crippen molar-refractivity contribution in [1.29, 1.82) is 0 Å². The monoisotopic (exact) mass is 474 g/mol. The van der Waals surface area contributed by atoms with E-state index >= 15 is 0 Å². The van der Waals surface area contributed by atoms with Crippen LogP contribution >= 0.6 is 0 Å². The fourth-order valence-corrected chi connectivity index (χ4v) is 6.33. The summed E-state index contributed by atoms with van der Waals surface area (Å²) in [5, 5.41) is 0. The number of benzene rings is 2. The van der Waals surface area contributed by atoms with E-state index in [-0.39, 0.29) is 0 Å². The third-order valence-corrected chi connectivity index (χ3v) is 8.67. The van der Waals surface area contributed by atoms with Gasteiger partial charge < -0.3 is 4.90 Å². The highest BCUT2D eigenvalue weighted by molar-refractivity contribution is 5.79. The van der Waals surface area contributed by atoms with Gasteiger partial charge in [-0.15, -0.1) is 0 Å². The first-order valence-corrected chi connectivity index (χ1v) is 14.0. The van der Waals surface area contributed by atoms with Crippen molar-refractivity contribution in [2.75, 3.05) is 18.0 Å². The molecule has 3 aliphatic rings. The van der Waals surface area contributed by atoms with Gasteiger partial charge in [0.15, 0.2) is 0 Å². The first-order chi connectivity index (χ1) is 17.7. The first-order valence-electron chi connectivity index (χ1n) is 14.0. The van der Waals surface area contributed by atoms with Crippen LogP contribution in [-0.4, -0.2) is 18.1 Å². The minimum atomic E-state index is 0.658. The quantitative estimate of drug-likeness (QED) is 0.342. The maximum absolute atomic E-state index is 5.25. The van der Waals surface area contributed by atoms with Gasteiger partial charge in [-0.2, -0.15) is 0 Å². The van der Waals surface area contributed by atoms with E-state index < -0.39 is 0 Å². The SMILES string of the molecule is C=C(c1cccc(Cc2cc(N3CCCCC3)cc(-c3cccc4c3C=CC4)n2)c1)C1CC(CC)C1. The van der Waals surface area contributed by atoms with Crippen molar-refractivity contribution in [2.45, 2.75) is 58.3 Å². The number of aromatic nitrogens is 1. The van der Waals surface area contributed by atoms with Crippen molar-refractivity contribution in [3.63, 3.8) is 0 Å². The van der Waals surface area contributed by atoms with Crippen molar-refractivity contribution in [2.24, 2.45) is 11.8 Å². The number of anilines is 1. The van der Waals surface area contributed by atoms with E-state index in [1.165, 1.54) is 77.6 Å². The van der Waals surface area contributed by atoms with E-state index in [0.29, 0.717) is 5.92 Å². The van der Waals surface area contributed by atoms with Crippen LogP contribution in [0.15, 0.2) is 67.3 Å². The van der Waals surface area contributed by atoms with Crippen LogP contribution in [0, 0.1) is 11.8 Å². The molecule has 0 N–H and O–H groups in total. The number of hydrogen-bond acceptors (Lipinski definition) is 2. The van der Waals surface area contributed by atoms with Gasteiger partial charge in [0.25, 0.3) is 0 Å². The zero-order chi connectivity index (χ0) is 24.5. The zero-order valence-electron chi connectivity index (χ0n) is 21.7. The van der Waals surface area contributed by atoms with Crippen molar-refractivity contribution in [1.82, 2.24) is 4.98 Å². The van der Waals surface area contributed by atoms with Crippen LogP contribution in [0.5, 0.6) is 0 Å². The highest BCUT2D eigenvalue weighted by atomic mass is 15.1. The van der Waals surface area contributed by atoms with E-state index in [0.717, 1.165) is 43.2 Å². The topological polar surface area (TPSA) is 16.1 Å². The van der Waals surface area contributed by atoms with E-state index in [2.05, 4.69) is 85.2 Å². The molecule has 3 aromatic rings. The minimum Gasteiger partial charge on any atom is -0.371 e. The Hall–Kier alpha value is -3.13. The summed E-state index contributed by atoms with van der Waals surface area (Å²) in [5.41, 5.74) is 11.6. The molecular weight excluding hydrogens is 436 g/mol. The molecule has 184 valence electrons. The van der Waals surface area contributed by atoms with Gasteiger partial charge in [0.2, 0.25) is 0 Å². The molecule has 6 rings (SSSR count). The van der Waals surface area contributed by atoms with Gasteiger partial charge in [-0.05, 0) is 90.3 Å². The van der Waals surface area contributed by atoms with Crippen molar-refractivity contribution in [3.8, 4) is 11.3 Å². The lowest BCUT2D eigenvalue weighted by Crippen LogP contribution is -2.29. The fourth-order valence-electron chi connectivity index (χ4n) is 6.33. The summed E-state index contributed by atoms with van der Waals surface area (Å²) in [6.07, 6.45) is 14.2. The van der Waals surface area contributed by atoms with Gasteiger partial charge >= 0.3 is 0 Å². The van der Waals surface area contributed by atoms with Crippen LogP contribution in [0.2, 0.25) is 0 Å². The molecule has 0 spiro atoms. The predicted molar refractivity (Wildman–Crippen MR) is 153 cm³/mol. The summed E-state index contributed by atoms with van der Waals surface area (Å²) < 4.78 is 0. The number of nitrogens with zero attached hydrogens (tertiary/aromatic N) is 2. The van der Waals surface area contributed by atoms with Crippen LogP contribution in [0.4, 0.5) is 5.69 Å². The molecule has 2 heterocycles. The number of rotatable bonds is 7. The van der Waals surface area contributed by atoms with Gasteiger partial charge in [-0.25, -0.2) is 0 Å². The molecule has 2 aromatic carbocycles. The van der Waals surface area contributed by atoms with Crippen LogP contribution in [0.25, 0.3) is 22.9 Å². The summed E-state index contributed by atoms with van der Waals surface area (Å²) in [5.74, 6) is 1.55. The molecular formula is C34H38N2. The van der Waals surface area contributed by atoms with E-state index in [1.54, 1.807) is 0 Å². The van der Waals surface area contributed by atoms with Crippen LogP contribution < -0.4 is 4.90 Å². The van der Waals surface area contributed by atoms with E-state index in [9.17, 15) is 0 Å². The second-order valence-corrected chi connectivity index (χ2v) is 11.1. The predicted octanol–water partition coefficient (Wildman–Crippen LogP) is 8.35. The standard InChI is InChI=1S/C34H38N2/c1-3-25-18-29(19-25)24(2)28-13-7-10-26(20-28)21-30-22-31(36-16-5-4-6-17-36)23-34(35-30)33-15-9-12-27-11-8-14-32(27)33/h7-10,12-15,20,22-23,25,29H,2-6,11,16-19,21H2,1H3. The number of pyridine rings is 1. The molecule has 2 nitrogen and oxygen atoms in total. The molecule has 0 radical (unpaired) electrons. The third-order valence-electron chi connectivity index (χ3n) is 8.67. The van der Waals surface area contributed by atoms with Gasteiger partial charge in [-0.3, -0.25) is 4.98 Å². The average molecular weight is 475 g/mol. The summed E-state index contributed by atoms with van der Waals surface area (Å²) in [6, 6.07) is 20.4. The number of allylic oxidation sites excluding steroid dienone is 2. The summed E-state index contributed by atoms with van der Waals surface area (Å²) in [7, 11) is 0. The third kappa shape index (κ3) is 4.66. The molecule has 0 amide bonds. The van der Waals surface area contributed by atoms with Gasteiger partial charge in [0.05, 0.1) is 5.69 Å². The maximum Gasteiger partial charge on any atom is 0.0732 e. The molecule has 0 unspecified atom stereocenters. The van der Waals surface area contributed by atoms with Crippen molar-refractivity contribution < 1.29 is 0 Å². The lowest BCUT2D eigenvalue weighted by molar-refractivity contribution is 0.241. The molecule has 1 aromatic heterocycles. The number of hydrogen-bond donors (Lipinski definition) is 0. The fraction of sp³-hybridized carbons (Fsp3) is 0.382. The maximum atomic E-state index is 5.25. The molecule has 0 bridgehead atoms. The summed E-state index contributed by atoms with van der Waals surface area (Å²) in [6.45, 7) is 9.09. The Labute approximate surface area is 216 Å². The van der Waals surface area contributed by atoms with Crippen LogP contribution in [-0.2, 0) is 12.8 Å². The second-order valence-electron chi connectivity index (χ2n) is 11.1. The van der Waals surface area contributed by atoms with Crippen LogP contribution in [0.1, 0.15) is 73.4 Å². The van der Waals surface area contributed by atoms with Crippen molar-refractivity contribution in [3.05, 3.63) is 95.2 Å². The van der Waals surface area contributed by atoms with Gasteiger partial charge in [0.1, 0.15) is 0 Å². The molecule has 2 aliphatic carbocycles. The average Bonchev–Trinajstić information content (AvgIpc) is 3.38. The van der Waals surface area contributed by atoms with Gasteiger partial charge in [-0.1, -0.05) is 74.5 Å². The highest BCUT2D eigenvalue weighted by Gasteiger charge is 2.30.